The van der Waals surface area contributed by atoms with Gasteiger partial charge in [-0.1, -0.05) is 32.9 Å². The van der Waals surface area contributed by atoms with E-state index in [-0.39, 0.29) is 0 Å². The van der Waals surface area contributed by atoms with Crippen LogP contribution >= 0.6 is 0 Å². The summed E-state index contributed by atoms with van der Waals surface area (Å²) in [5, 5.41) is 9.32. The topological polar surface area (TPSA) is 23.5 Å². The summed E-state index contributed by atoms with van der Waals surface area (Å²) in [6.45, 7) is 10.5. The van der Waals surface area contributed by atoms with Gasteiger partial charge in [-0.25, -0.2) is 0 Å². The summed E-state index contributed by atoms with van der Waals surface area (Å²) < 4.78 is 0. The first kappa shape index (κ1) is 14.4. The van der Waals surface area contributed by atoms with Crippen molar-refractivity contribution >= 4 is 0 Å². The molecule has 0 bridgehead atoms. The molecule has 0 saturated carbocycles. The lowest BCUT2D eigenvalue weighted by molar-refractivity contribution is 0.206. The summed E-state index contributed by atoms with van der Waals surface area (Å²) in [6.07, 6.45) is 3.97. The van der Waals surface area contributed by atoms with Crippen LogP contribution in [0, 0.1) is 11.3 Å². The summed E-state index contributed by atoms with van der Waals surface area (Å²) >= 11 is 0. The van der Waals surface area contributed by atoms with Gasteiger partial charge in [0.25, 0.3) is 0 Å². The second-order valence-electron chi connectivity index (χ2n) is 6.94. The number of nitrogens with zero attached hydrogens (tertiary/aromatic N) is 1. The smallest absolute Gasteiger partial charge is 0.115 e. The Morgan fingerprint density at radius 1 is 1.11 bits per heavy atom. The zero-order valence-corrected chi connectivity index (χ0v) is 12.5. The second kappa shape index (κ2) is 5.96. The van der Waals surface area contributed by atoms with Crippen LogP contribution in [-0.2, 0) is 6.54 Å². The monoisotopic (exact) mass is 261 g/mol. The Hall–Kier alpha value is -1.02. The minimum atomic E-state index is 0.354. The van der Waals surface area contributed by atoms with Crippen molar-refractivity contribution < 1.29 is 5.11 Å². The molecule has 106 valence electrons. The van der Waals surface area contributed by atoms with Crippen molar-refractivity contribution in [1.29, 1.82) is 0 Å². The molecule has 1 aliphatic rings. The minimum Gasteiger partial charge on any atom is -0.508 e. The Morgan fingerprint density at radius 2 is 1.79 bits per heavy atom. The average molecular weight is 261 g/mol. The molecule has 0 aliphatic carbocycles. The van der Waals surface area contributed by atoms with Gasteiger partial charge in [0.2, 0.25) is 0 Å². The highest BCUT2D eigenvalue weighted by atomic mass is 16.3. The van der Waals surface area contributed by atoms with Crippen LogP contribution in [0.5, 0.6) is 5.75 Å². The Kier molecular flexibility index (Phi) is 4.51. The van der Waals surface area contributed by atoms with Crippen LogP contribution in [0.1, 0.15) is 45.6 Å². The van der Waals surface area contributed by atoms with Crippen LogP contribution < -0.4 is 0 Å². The molecule has 1 N–H and O–H groups in total. The lowest BCUT2D eigenvalue weighted by Gasteiger charge is -2.29. The quantitative estimate of drug-likeness (QED) is 0.868. The van der Waals surface area contributed by atoms with E-state index in [4.69, 9.17) is 0 Å². The molecule has 1 fully saturated rings. The van der Waals surface area contributed by atoms with Gasteiger partial charge in [-0.3, -0.25) is 4.90 Å². The van der Waals surface area contributed by atoms with Crippen molar-refractivity contribution in [3.63, 3.8) is 0 Å². The molecule has 0 spiro atoms. The third kappa shape index (κ3) is 4.24. The average Bonchev–Trinajstić information content (AvgIpc) is 2.57. The van der Waals surface area contributed by atoms with Crippen LogP contribution in [0.15, 0.2) is 24.3 Å². The molecule has 1 saturated heterocycles. The molecule has 2 rings (SSSR count). The summed E-state index contributed by atoms with van der Waals surface area (Å²) in [5.41, 5.74) is 1.74. The second-order valence-corrected chi connectivity index (χ2v) is 6.94. The minimum absolute atomic E-state index is 0.354. The van der Waals surface area contributed by atoms with Crippen molar-refractivity contribution in [1.82, 2.24) is 4.90 Å². The Bertz CT molecular complexity index is 391. The van der Waals surface area contributed by atoms with E-state index < -0.39 is 0 Å². The Morgan fingerprint density at radius 3 is 2.42 bits per heavy atom. The fourth-order valence-corrected chi connectivity index (χ4v) is 3.04. The van der Waals surface area contributed by atoms with Gasteiger partial charge in [-0.15, -0.1) is 0 Å². The van der Waals surface area contributed by atoms with E-state index in [2.05, 4.69) is 25.7 Å². The SMILES string of the molecule is CC(C)(C)C1CCCN(Cc2ccc(O)cc2)CC1. The maximum absolute atomic E-state index is 9.32. The molecule has 1 heterocycles. The predicted octanol–water partition coefficient (Wildman–Crippen LogP) is 4.04. The van der Waals surface area contributed by atoms with Crippen molar-refractivity contribution in [3.8, 4) is 5.75 Å². The highest BCUT2D eigenvalue weighted by Gasteiger charge is 2.26. The zero-order valence-electron chi connectivity index (χ0n) is 12.5. The Balaban J connectivity index is 1.91. The molecule has 1 unspecified atom stereocenters. The number of hydrogen-bond donors (Lipinski definition) is 1. The van der Waals surface area contributed by atoms with Crippen LogP contribution in [0.3, 0.4) is 0 Å². The van der Waals surface area contributed by atoms with Gasteiger partial charge in [0.1, 0.15) is 5.75 Å². The van der Waals surface area contributed by atoms with Gasteiger partial charge in [-0.2, -0.15) is 0 Å². The van der Waals surface area contributed by atoms with Gasteiger partial charge < -0.3 is 5.11 Å². The van der Waals surface area contributed by atoms with Gasteiger partial charge in [0.15, 0.2) is 0 Å². The standard InChI is InChI=1S/C17H27NO/c1-17(2,3)15-5-4-11-18(12-10-15)13-14-6-8-16(19)9-7-14/h6-9,15,19H,4-5,10-13H2,1-3H3. The van der Waals surface area contributed by atoms with E-state index in [1.165, 1.54) is 37.9 Å². The van der Waals surface area contributed by atoms with E-state index >= 15 is 0 Å². The van der Waals surface area contributed by atoms with Crippen LogP contribution in [0.25, 0.3) is 0 Å². The molecule has 0 aromatic heterocycles. The summed E-state index contributed by atoms with van der Waals surface area (Å²) in [7, 11) is 0. The van der Waals surface area contributed by atoms with Crippen LogP contribution in [0.2, 0.25) is 0 Å². The van der Waals surface area contributed by atoms with E-state index in [9.17, 15) is 5.11 Å². The van der Waals surface area contributed by atoms with Gasteiger partial charge in [-0.05, 0) is 61.4 Å². The lowest BCUT2D eigenvalue weighted by atomic mass is 9.77. The Labute approximate surface area is 117 Å². The number of hydrogen-bond acceptors (Lipinski definition) is 2. The molecular formula is C17H27NO. The summed E-state index contributed by atoms with van der Waals surface area (Å²) in [5.74, 6) is 1.20. The van der Waals surface area contributed by atoms with E-state index in [1.54, 1.807) is 12.1 Å². The number of likely N-dealkylation sites (tertiary alicyclic amines) is 1. The molecule has 2 heteroatoms. The van der Waals surface area contributed by atoms with Gasteiger partial charge in [0, 0.05) is 6.54 Å². The normalized spacial score (nSPS) is 22.2. The predicted molar refractivity (Wildman–Crippen MR) is 80.2 cm³/mol. The summed E-state index contributed by atoms with van der Waals surface area (Å²) in [4.78, 5) is 2.55. The van der Waals surface area contributed by atoms with Crippen molar-refractivity contribution in [2.75, 3.05) is 13.1 Å². The van der Waals surface area contributed by atoms with Crippen LogP contribution in [-0.4, -0.2) is 23.1 Å². The van der Waals surface area contributed by atoms with Crippen LogP contribution in [0.4, 0.5) is 0 Å². The number of aromatic hydroxyl groups is 1. The fraction of sp³-hybridized carbons (Fsp3) is 0.647. The van der Waals surface area contributed by atoms with Gasteiger partial charge in [0.05, 0.1) is 0 Å². The third-order valence-corrected chi connectivity index (χ3v) is 4.39. The number of phenols is 1. The lowest BCUT2D eigenvalue weighted by Crippen LogP contribution is -2.26. The number of rotatable bonds is 2. The highest BCUT2D eigenvalue weighted by molar-refractivity contribution is 5.25. The molecule has 2 nitrogen and oxygen atoms in total. The zero-order chi connectivity index (χ0) is 13.9. The van der Waals surface area contributed by atoms with Crippen molar-refractivity contribution in [2.24, 2.45) is 11.3 Å². The first-order valence-electron chi connectivity index (χ1n) is 7.45. The molecule has 0 radical (unpaired) electrons. The first-order chi connectivity index (χ1) is 8.95. The molecule has 1 atom stereocenters. The third-order valence-electron chi connectivity index (χ3n) is 4.39. The maximum Gasteiger partial charge on any atom is 0.115 e. The maximum atomic E-state index is 9.32. The highest BCUT2D eigenvalue weighted by Crippen LogP contribution is 2.34. The fourth-order valence-electron chi connectivity index (χ4n) is 3.04. The molecular weight excluding hydrogens is 234 g/mol. The first-order valence-corrected chi connectivity index (χ1v) is 7.45. The molecule has 1 aliphatic heterocycles. The van der Waals surface area contributed by atoms with E-state index in [1.807, 2.05) is 12.1 Å². The molecule has 1 aromatic carbocycles. The molecule has 1 aromatic rings. The van der Waals surface area contributed by atoms with E-state index in [0.717, 1.165) is 12.5 Å². The summed E-state index contributed by atoms with van der Waals surface area (Å²) in [6, 6.07) is 7.62. The number of phenolic OH excluding ortho intramolecular Hbond substituents is 1. The van der Waals surface area contributed by atoms with Gasteiger partial charge >= 0.3 is 0 Å². The van der Waals surface area contributed by atoms with Crippen molar-refractivity contribution in [2.45, 2.75) is 46.6 Å². The van der Waals surface area contributed by atoms with E-state index in [0.29, 0.717) is 11.2 Å². The molecule has 19 heavy (non-hydrogen) atoms. The largest absolute Gasteiger partial charge is 0.508 e. The molecule has 0 amide bonds. The number of benzene rings is 1. The van der Waals surface area contributed by atoms with Crippen molar-refractivity contribution in [3.05, 3.63) is 29.8 Å².